The molecular weight excluding hydrogens is 360 g/mol. The molecule has 2 aliphatic rings. The van der Waals surface area contributed by atoms with Crippen LogP contribution < -0.4 is 16.0 Å². The van der Waals surface area contributed by atoms with Crippen LogP contribution in [-0.2, 0) is 4.74 Å². The van der Waals surface area contributed by atoms with Crippen molar-refractivity contribution < 1.29 is 14.9 Å². The van der Waals surface area contributed by atoms with Gasteiger partial charge in [-0.05, 0) is 31.8 Å². The van der Waals surface area contributed by atoms with Crippen molar-refractivity contribution in [1.82, 2.24) is 19.6 Å². The zero-order valence-electron chi connectivity index (χ0n) is 15.3. The number of aromatic nitrogens is 4. The van der Waals surface area contributed by atoms with Gasteiger partial charge >= 0.3 is 0 Å². The summed E-state index contributed by atoms with van der Waals surface area (Å²) in [4.78, 5) is 11.9. The van der Waals surface area contributed by atoms with Gasteiger partial charge in [-0.1, -0.05) is 0 Å². The summed E-state index contributed by atoms with van der Waals surface area (Å²) in [5.41, 5.74) is 1.85. The second kappa shape index (κ2) is 6.83. The number of fused-ring (bicyclic) bond motifs is 1. The van der Waals surface area contributed by atoms with Gasteiger partial charge < -0.3 is 20.3 Å². The summed E-state index contributed by atoms with van der Waals surface area (Å²) in [7, 11) is 0. The van der Waals surface area contributed by atoms with E-state index in [1.807, 2.05) is 6.07 Å². The third-order valence-corrected chi connectivity index (χ3v) is 5.00. The molecule has 4 N–H and O–H groups in total. The minimum atomic E-state index is -0.104. The highest BCUT2D eigenvalue weighted by molar-refractivity contribution is 5.62. The molecule has 146 valence electrons. The summed E-state index contributed by atoms with van der Waals surface area (Å²) >= 11 is 0. The Balaban J connectivity index is 1.58. The van der Waals surface area contributed by atoms with Crippen LogP contribution in [-0.4, -0.2) is 55.1 Å². The van der Waals surface area contributed by atoms with Crippen LogP contribution in [0.15, 0.2) is 23.3 Å². The third kappa shape index (κ3) is 3.40. The predicted molar refractivity (Wildman–Crippen MR) is 102 cm³/mol. The fraction of sp³-hybridized carbons (Fsp3) is 0.421. The second-order valence-electron chi connectivity index (χ2n) is 7.31. The molecule has 5 rings (SSSR count). The summed E-state index contributed by atoms with van der Waals surface area (Å²) in [6.45, 7) is 1.52. The van der Waals surface area contributed by atoms with Gasteiger partial charge in [0.25, 0.3) is 0 Å². The molecule has 0 bridgehead atoms. The van der Waals surface area contributed by atoms with Crippen LogP contribution >= 0.6 is 0 Å². The molecule has 0 spiro atoms. The van der Waals surface area contributed by atoms with Gasteiger partial charge in [-0.15, -0.1) is 0 Å². The number of ether oxygens (including phenoxy) is 1. The van der Waals surface area contributed by atoms with Crippen molar-refractivity contribution in [3.63, 3.8) is 0 Å². The molecule has 1 atom stereocenters. The first-order chi connectivity index (χ1) is 13.7. The van der Waals surface area contributed by atoms with Gasteiger partial charge in [0.2, 0.25) is 0 Å². The van der Waals surface area contributed by atoms with Crippen LogP contribution in [0.3, 0.4) is 0 Å². The van der Waals surface area contributed by atoms with Gasteiger partial charge in [0.15, 0.2) is 22.9 Å². The number of hydrogen-bond donors (Lipinski definition) is 4. The Labute approximate surface area is 160 Å². The fourth-order valence-corrected chi connectivity index (χ4v) is 3.39. The zero-order chi connectivity index (χ0) is 19.1. The van der Waals surface area contributed by atoms with E-state index in [0.717, 1.165) is 48.8 Å². The molecule has 2 fully saturated rings. The standard InChI is InChI=1S/C19H22N6O3/c26-17-7-11(19(27)24-17)6-12-9-21-25-16(22-13-3-4-13)8-15(23-18(12)25)20-10-14-2-1-5-28-14/h6-9,13-14,20,24,26-27H,1-5,10H2. The molecule has 1 aliphatic carbocycles. The molecule has 0 aromatic carbocycles. The van der Waals surface area contributed by atoms with Crippen molar-refractivity contribution in [3.8, 4) is 11.8 Å². The molecular formula is C19H22N6O3. The van der Waals surface area contributed by atoms with Gasteiger partial charge in [-0.3, -0.25) is 9.98 Å². The summed E-state index contributed by atoms with van der Waals surface area (Å²) in [5, 5.41) is 28.0. The summed E-state index contributed by atoms with van der Waals surface area (Å²) in [6, 6.07) is 3.71. The molecule has 1 saturated carbocycles. The van der Waals surface area contributed by atoms with E-state index in [-0.39, 0.29) is 17.9 Å². The van der Waals surface area contributed by atoms with E-state index in [4.69, 9.17) is 14.7 Å². The van der Waals surface area contributed by atoms with Gasteiger partial charge in [0.1, 0.15) is 5.82 Å². The molecule has 0 radical (unpaired) electrons. The van der Waals surface area contributed by atoms with Crippen molar-refractivity contribution in [3.05, 3.63) is 34.6 Å². The van der Waals surface area contributed by atoms with Crippen molar-refractivity contribution in [2.45, 2.75) is 37.8 Å². The Hall–Kier alpha value is -3.07. The van der Waals surface area contributed by atoms with Gasteiger partial charge in [0, 0.05) is 36.1 Å². The van der Waals surface area contributed by atoms with Crippen molar-refractivity contribution >= 4 is 17.5 Å². The third-order valence-electron chi connectivity index (χ3n) is 5.00. The monoisotopic (exact) mass is 382 g/mol. The van der Waals surface area contributed by atoms with Crippen molar-refractivity contribution in [2.75, 3.05) is 18.5 Å². The molecule has 9 nitrogen and oxygen atoms in total. The number of aromatic hydroxyl groups is 2. The average molecular weight is 382 g/mol. The lowest BCUT2D eigenvalue weighted by molar-refractivity contribution is 0.120. The number of nitrogens with zero attached hydrogens (tertiary/aromatic N) is 4. The van der Waals surface area contributed by atoms with Crippen LogP contribution in [0, 0.1) is 0 Å². The molecule has 0 amide bonds. The number of aromatic amines is 1. The Morgan fingerprint density at radius 2 is 2.21 bits per heavy atom. The van der Waals surface area contributed by atoms with E-state index in [0.29, 0.717) is 23.8 Å². The lowest BCUT2D eigenvalue weighted by Crippen LogP contribution is -2.23. The van der Waals surface area contributed by atoms with Crippen LogP contribution in [0.5, 0.6) is 11.8 Å². The maximum Gasteiger partial charge on any atom is 0.198 e. The van der Waals surface area contributed by atoms with E-state index < -0.39 is 0 Å². The number of rotatable bonds is 5. The van der Waals surface area contributed by atoms with Crippen LogP contribution in [0.4, 0.5) is 5.82 Å². The summed E-state index contributed by atoms with van der Waals surface area (Å²) in [6.07, 6.45) is 7.95. The minimum absolute atomic E-state index is 0.100. The van der Waals surface area contributed by atoms with Gasteiger partial charge in [-0.25, -0.2) is 4.98 Å². The maximum atomic E-state index is 9.90. The molecule has 3 aromatic rings. The summed E-state index contributed by atoms with van der Waals surface area (Å²) < 4.78 is 7.39. The van der Waals surface area contributed by atoms with Crippen LogP contribution in [0.2, 0.25) is 0 Å². The molecule has 28 heavy (non-hydrogen) atoms. The van der Waals surface area contributed by atoms with E-state index in [9.17, 15) is 10.2 Å². The normalized spacial score (nSPS) is 21.1. The number of anilines is 1. The number of nitrogens with one attached hydrogen (secondary N) is 2. The van der Waals surface area contributed by atoms with E-state index in [2.05, 4.69) is 15.4 Å². The quantitative estimate of drug-likeness (QED) is 0.515. The molecule has 3 aromatic heterocycles. The molecule has 1 unspecified atom stereocenters. The van der Waals surface area contributed by atoms with Crippen molar-refractivity contribution in [1.29, 1.82) is 0 Å². The summed E-state index contributed by atoms with van der Waals surface area (Å²) in [5.74, 6) is 0.516. The highest BCUT2D eigenvalue weighted by Gasteiger charge is 2.20. The lowest BCUT2D eigenvalue weighted by atomic mass is 10.2. The first kappa shape index (κ1) is 17.1. The highest BCUT2D eigenvalue weighted by Crippen LogP contribution is 2.23. The molecule has 1 saturated heterocycles. The van der Waals surface area contributed by atoms with Crippen LogP contribution in [0.1, 0.15) is 31.2 Å². The van der Waals surface area contributed by atoms with Crippen LogP contribution in [0.25, 0.3) is 11.7 Å². The first-order valence-corrected chi connectivity index (χ1v) is 9.56. The lowest BCUT2D eigenvalue weighted by Gasteiger charge is -2.11. The van der Waals surface area contributed by atoms with Crippen molar-refractivity contribution in [2.24, 2.45) is 4.99 Å². The minimum Gasteiger partial charge on any atom is -0.494 e. The smallest absolute Gasteiger partial charge is 0.198 e. The Morgan fingerprint density at radius 3 is 2.93 bits per heavy atom. The highest BCUT2D eigenvalue weighted by atomic mass is 16.5. The second-order valence-corrected chi connectivity index (χ2v) is 7.31. The first-order valence-electron chi connectivity index (χ1n) is 9.56. The SMILES string of the molecule is Oc1cc(C=c2cnn3c(=NC4CC4)cc(NCC4CCCO4)nc23)c(O)[nH]1. The Morgan fingerprint density at radius 1 is 1.32 bits per heavy atom. The zero-order valence-corrected chi connectivity index (χ0v) is 15.3. The molecule has 1 aliphatic heterocycles. The molecule has 9 heteroatoms. The Bertz CT molecular complexity index is 1120. The largest absolute Gasteiger partial charge is 0.494 e. The van der Waals surface area contributed by atoms with E-state index >= 15 is 0 Å². The molecule has 4 heterocycles. The van der Waals surface area contributed by atoms with E-state index in [1.165, 1.54) is 6.07 Å². The predicted octanol–water partition coefficient (Wildman–Crippen LogP) is 0.670. The fourth-order valence-electron chi connectivity index (χ4n) is 3.39. The van der Waals surface area contributed by atoms with E-state index in [1.54, 1.807) is 16.8 Å². The maximum absolute atomic E-state index is 9.90. The topological polar surface area (TPSA) is 120 Å². The van der Waals surface area contributed by atoms with Gasteiger partial charge in [0.05, 0.1) is 18.3 Å². The van der Waals surface area contributed by atoms with Gasteiger partial charge in [-0.2, -0.15) is 9.61 Å². The number of H-pyrrole nitrogens is 1. The number of hydrogen-bond acceptors (Lipinski definition) is 7. The average Bonchev–Trinajstić information content (AvgIpc) is 3.05. The Kier molecular flexibility index (Phi) is 4.16.